The Hall–Kier alpha value is -2.43. The average Bonchev–Trinajstić information content (AvgIpc) is 2.96. The van der Waals surface area contributed by atoms with Gasteiger partial charge < -0.3 is 19.8 Å². The average molecular weight is 623 g/mol. The molecule has 3 amide bonds. The summed E-state index contributed by atoms with van der Waals surface area (Å²) in [6, 6.07) is 0. The van der Waals surface area contributed by atoms with Crippen LogP contribution in [0.4, 0.5) is 0 Å². The summed E-state index contributed by atoms with van der Waals surface area (Å²) >= 11 is 0. The van der Waals surface area contributed by atoms with E-state index in [0.29, 0.717) is 43.8 Å². The zero-order chi connectivity index (χ0) is 32.7. The van der Waals surface area contributed by atoms with Crippen LogP contribution >= 0.6 is 0 Å². The standard InChI is InChI=1S/C13H24N2O2S.C10H17NO2.C10H17NO/c1-11(2)12-6-9-15(10-7-12)13(16)5-8-14-18(3,4)17;1-8(2)9-3-5-11(6-4-9)10(13)7-12;1-8(2)10-4-6-11(7-5-10)9(3)12/h6,11H,3,5,7-10H2,1-2,4H3,(H,14,17);3,8,12H,4-7H2,1-2H3;4,8H,5-7H2,1-3H3. The van der Waals surface area contributed by atoms with Gasteiger partial charge in [0.1, 0.15) is 6.61 Å². The molecule has 3 heterocycles. The first-order chi connectivity index (χ1) is 20.0. The van der Waals surface area contributed by atoms with Gasteiger partial charge in [-0.3, -0.25) is 18.6 Å². The summed E-state index contributed by atoms with van der Waals surface area (Å²) < 4.78 is 14.1. The molecule has 3 aliphatic rings. The number of hydrogen-bond donors (Lipinski definition) is 2. The normalized spacial score (nSPS) is 18.5. The first-order valence-electron chi connectivity index (χ1n) is 15.6. The SMILES string of the molecule is C=S(C)(=O)NCCC(=O)N1CC=C(C(C)C)CC1.CC(=O)N1CC=C(C(C)C)CC1.CC(C)C1=CCN(C(=O)CO)CC1. The molecule has 0 saturated heterocycles. The minimum atomic E-state index is -2.20. The largest absolute Gasteiger partial charge is 0.387 e. The van der Waals surface area contributed by atoms with E-state index in [1.165, 1.54) is 23.0 Å². The predicted octanol–water partition coefficient (Wildman–Crippen LogP) is 3.66. The summed E-state index contributed by atoms with van der Waals surface area (Å²) in [5, 5.41) is 8.65. The maximum Gasteiger partial charge on any atom is 0.248 e. The zero-order valence-electron chi connectivity index (χ0n) is 28.0. The van der Waals surface area contributed by atoms with Gasteiger partial charge in [-0.1, -0.05) is 76.5 Å². The summed E-state index contributed by atoms with van der Waals surface area (Å²) in [6.45, 7) is 19.4. The van der Waals surface area contributed by atoms with Gasteiger partial charge in [0.25, 0.3) is 0 Å². The second kappa shape index (κ2) is 19.1. The van der Waals surface area contributed by atoms with E-state index in [4.69, 9.17) is 5.11 Å². The highest BCUT2D eigenvalue weighted by Gasteiger charge is 2.19. The van der Waals surface area contributed by atoms with Gasteiger partial charge in [0, 0.05) is 75.1 Å². The van der Waals surface area contributed by atoms with Gasteiger partial charge in [-0.15, -0.1) is 0 Å². The summed E-state index contributed by atoms with van der Waals surface area (Å²) in [5.41, 5.74) is 4.35. The molecular weight excluding hydrogens is 564 g/mol. The number of hydrogen-bond acceptors (Lipinski definition) is 5. The van der Waals surface area contributed by atoms with Gasteiger partial charge in [0.05, 0.1) is 0 Å². The third-order valence-corrected chi connectivity index (χ3v) is 8.80. The third-order valence-electron chi connectivity index (χ3n) is 7.99. The number of nitrogens with zero attached hydrogens (tertiary/aromatic N) is 3. The van der Waals surface area contributed by atoms with E-state index < -0.39 is 9.71 Å². The van der Waals surface area contributed by atoms with Gasteiger partial charge in [-0.25, -0.2) is 4.72 Å². The van der Waals surface area contributed by atoms with Gasteiger partial charge >= 0.3 is 0 Å². The molecule has 9 nitrogen and oxygen atoms in total. The van der Waals surface area contributed by atoms with Crippen molar-refractivity contribution < 1.29 is 23.7 Å². The Kier molecular flexibility index (Phi) is 17.1. The molecule has 0 spiro atoms. The van der Waals surface area contributed by atoms with E-state index in [0.717, 1.165) is 45.4 Å². The van der Waals surface area contributed by atoms with Crippen molar-refractivity contribution in [1.29, 1.82) is 0 Å². The number of amides is 3. The van der Waals surface area contributed by atoms with E-state index in [-0.39, 0.29) is 24.3 Å². The van der Waals surface area contributed by atoms with E-state index in [2.05, 4.69) is 70.4 Å². The molecule has 0 radical (unpaired) electrons. The molecular formula is C33H58N4O5S. The molecule has 1 atom stereocenters. The molecule has 43 heavy (non-hydrogen) atoms. The Bertz CT molecular complexity index is 1120. The molecule has 0 bridgehead atoms. The van der Waals surface area contributed by atoms with Crippen molar-refractivity contribution in [3.05, 3.63) is 34.9 Å². The topological polar surface area (TPSA) is 110 Å². The Labute approximate surface area is 261 Å². The lowest BCUT2D eigenvalue weighted by Gasteiger charge is -2.28. The minimum absolute atomic E-state index is 0.116. The van der Waals surface area contributed by atoms with E-state index in [1.54, 1.807) is 11.8 Å². The summed E-state index contributed by atoms with van der Waals surface area (Å²) in [5.74, 6) is 5.41. The fraction of sp³-hybridized carbons (Fsp3) is 0.697. The summed E-state index contributed by atoms with van der Waals surface area (Å²) in [4.78, 5) is 39.4. The Morgan fingerprint density at radius 3 is 1.44 bits per heavy atom. The van der Waals surface area contributed by atoms with E-state index in [1.807, 2.05) is 9.80 Å². The smallest absolute Gasteiger partial charge is 0.248 e. The molecule has 3 rings (SSSR count). The van der Waals surface area contributed by atoms with Crippen LogP contribution in [0.1, 0.15) is 74.1 Å². The Morgan fingerprint density at radius 1 is 0.791 bits per heavy atom. The lowest BCUT2D eigenvalue weighted by atomic mass is 9.97. The molecule has 0 fully saturated rings. The molecule has 10 heteroatoms. The molecule has 246 valence electrons. The molecule has 3 aliphatic heterocycles. The number of aliphatic hydroxyl groups is 1. The van der Waals surface area contributed by atoms with Crippen LogP contribution in [-0.4, -0.2) is 106 Å². The molecule has 1 unspecified atom stereocenters. The first kappa shape index (κ1) is 38.6. The highest BCUT2D eigenvalue weighted by Crippen LogP contribution is 2.20. The molecule has 0 saturated carbocycles. The van der Waals surface area contributed by atoms with E-state index >= 15 is 0 Å². The number of carbonyl (C=O) groups excluding carboxylic acids is 3. The fourth-order valence-electron chi connectivity index (χ4n) is 5.00. The lowest BCUT2D eigenvalue weighted by Crippen LogP contribution is -2.37. The predicted molar refractivity (Wildman–Crippen MR) is 179 cm³/mol. The summed E-state index contributed by atoms with van der Waals surface area (Å²) in [7, 11) is -2.20. The van der Waals surface area contributed by atoms with Crippen molar-refractivity contribution in [2.45, 2.75) is 74.1 Å². The van der Waals surface area contributed by atoms with Crippen LogP contribution in [0, 0.1) is 17.8 Å². The van der Waals surface area contributed by atoms with Crippen LogP contribution in [-0.2, 0) is 24.1 Å². The molecule has 2 N–H and O–H groups in total. The summed E-state index contributed by atoms with van der Waals surface area (Å²) in [6.07, 6.45) is 11.3. The second-order valence-electron chi connectivity index (χ2n) is 12.5. The van der Waals surface area contributed by atoms with Gasteiger partial charge in [0.2, 0.25) is 17.7 Å². The minimum Gasteiger partial charge on any atom is -0.387 e. The van der Waals surface area contributed by atoms with Gasteiger partial charge in [-0.2, -0.15) is 0 Å². The van der Waals surface area contributed by atoms with Gasteiger partial charge in [0.15, 0.2) is 0 Å². The van der Waals surface area contributed by atoms with Crippen LogP contribution in [0.5, 0.6) is 0 Å². The first-order valence-corrected chi connectivity index (χ1v) is 17.7. The van der Waals surface area contributed by atoms with Crippen LogP contribution in [0.15, 0.2) is 34.9 Å². The maximum absolute atomic E-state index is 11.9. The Morgan fingerprint density at radius 2 is 1.16 bits per heavy atom. The maximum atomic E-state index is 11.9. The number of aliphatic hydroxyl groups excluding tert-OH is 1. The number of rotatable bonds is 8. The highest BCUT2D eigenvalue weighted by atomic mass is 32.2. The van der Waals surface area contributed by atoms with Gasteiger partial charge in [-0.05, 0) is 42.9 Å². The van der Waals surface area contributed by atoms with Crippen molar-refractivity contribution in [2.75, 3.05) is 58.7 Å². The highest BCUT2D eigenvalue weighted by molar-refractivity contribution is 7.97. The monoisotopic (exact) mass is 622 g/mol. The van der Waals surface area contributed by atoms with Crippen molar-refractivity contribution in [1.82, 2.24) is 19.4 Å². The quantitative estimate of drug-likeness (QED) is 0.317. The van der Waals surface area contributed by atoms with E-state index in [9.17, 15) is 18.6 Å². The molecule has 0 aromatic heterocycles. The van der Waals surface area contributed by atoms with Crippen LogP contribution in [0.2, 0.25) is 0 Å². The number of nitrogens with one attached hydrogen (secondary N) is 1. The van der Waals surface area contributed by atoms with Crippen LogP contribution < -0.4 is 4.72 Å². The molecule has 0 aromatic rings. The molecule has 0 aliphatic carbocycles. The van der Waals surface area contributed by atoms with Crippen molar-refractivity contribution in [3.8, 4) is 0 Å². The van der Waals surface area contributed by atoms with Crippen molar-refractivity contribution in [2.24, 2.45) is 17.8 Å². The number of carbonyl (C=O) groups is 3. The lowest BCUT2D eigenvalue weighted by molar-refractivity contribution is -0.134. The van der Waals surface area contributed by atoms with Crippen molar-refractivity contribution >= 4 is 33.3 Å². The third kappa shape index (κ3) is 15.2. The van der Waals surface area contributed by atoms with Crippen molar-refractivity contribution in [3.63, 3.8) is 0 Å². The fourth-order valence-corrected chi connectivity index (χ4v) is 5.53. The van der Waals surface area contributed by atoms with Crippen LogP contribution in [0.25, 0.3) is 0 Å². The Balaban J connectivity index is 0.000000331. The van der Waals surface area contributed by atoms with Crippen LogP contribution in [0.3, 0.4) is 0 Å². The zero-order valence-corrected chi connectivity index (χ0v) is 28.8. The molecule has 0 aromatic carbocycles. The second-order valence-corrected chi connectivity index (χ2v) is 14.8.